The van der Waals surface area contributed by atoms with Crippen molar-refractivity contribution in [3.63, 3.8) is 0 Å². The zero-order chi connectivity index (χ0) is 49.9. The van der Waals surface area contributed by atoms with Crippen LogP contribution in [0.15, 0.2) is 123 Å². The summed E-state index contributed by atoms with van der Waals surface area (Å²) in [6.45, 7) is 21.8. The molecular weight excluding hydrogens is 859 g/mol. The van der Waals surface area contributed by atoms with Crippen LogP contribution < -0.4 is 4.74 Å². The van der Waals surface area contributed by atoms with Gasteiger partial charge >= 0.3 is 23.9 Å². The van der Waals surface area contributed by atoms with Gasteiger partial charge in [0.1, 0.15) is 32.2 Å². The third-order valence-corrected chi connectivity index (χ3v) is 10.8. The van der Waals surface area contributed by atoms with Crippen LogP contribution in [0.2, 0.25) is 0 Å². The predicted molar refractivity (Wildman–Crippen MR) is 274 cm³/mol. The Morgan fingerprint density at radius 2 is 0.926 bits per heavy atom. The number of esters is 4. The number of carbonyl (C=O) groups excluding carboxylic acids is 4. The van der Waals surface area contributed by atoms with Crippen LogP contribution in [0.3, 0.4) is 0 Å². The van der Waals surface area contributed by atoms with Crippen molar-refractivity contribution in [2.24, 2.45) is 11.8 Å². The standard InChI is InChI=1S/C29H43NO5.C27H40N2O4/c1-5-13-28(31)34-22-11-8-9-14-25(6-2)15-10-12-23-35-29(32)20-21-30(7-3)24-26-16-18-27(33-4)19-17-26;1-4-12-26(30)32-21-10-7-8-13-24(5-2)14-9-11-22-33-27(31)17-20-29(6-3)23-25-15-18-28-19-16-25/h6,8,10-12,16-19,25H,2,5,7,9,13-15,20-24H2,1,3-4H3;5,7,9-11,15-16,18-19,24H,2,4,6,8,12-14,17,20-23H2,1,3H3/b11-8+,12-10-;10-7+,11-9-. The monoisotopic (exact) mass is 942 g/mol. The normalized spacial score (nSPS) is 12.3. The Morgan fingerprint density at radius 3 is 1.29 bits per heavy atom. The molecule has 0 fully saturated rings. The van der Waals surface area contributed by atoms with E-state index in [0.29, 0.717) is 70.4 Å². The van der Waals surface area contributed by atoms with Crippen molar-refractivity contribution in [2.45, 2.75) is 118 Å². The molecule has 1 aromatic heterocycles. The number of methoxy groups -OCH3 is 1. The highest BCUT2D eigenvalue weighted by Crippen LogP contribution is 2.16. The Morgan fingerprint density at radius 1 is 0.544 bits per heavy atom. The van der Waals surface area contributed by atoms with Gasteiger partial charge in [0.2, 0.25) is 0 Å². The van der Waals surface area contributed by atoms with E-state index in [9.17, 15) is 19.2 Å². The lowest BCUT2D eigenvalue weighted by atomic mass is 9.99. The van der Waals surface area contributed by atoms with Gasteiger partial charge in [-0.05, 0) is 112 Å². The van der Waals surface area contributed by atoms with E-state index in [-0.39, 0.29) is 30.5 Å². The minimum absolute atomic E-state index is 0.149. The van der Waals surface area contributed by atoms with Crippen LogP contribution in [0.1, 0.15) is 116 Å². The van der Waals surface area contributed by atoms with Crippen molar-refractivity contribution in [1.29, 1.82) is 0 Å². The Bertz CT molecular complexity index is 1770. The summed E-state index contributed by atoms with van der Waals surface area (Å²) < 4.78 is 26.0. The fraction of sp³-hybridized carbons (Fsp3) is 0.518. The number of allylic oxidation sites excluding steroid dienone is 6. The molecule has 12 nitrogen and oxygen atoms in total. The van der Waals surface area contributed by atoms with Crippen LogP contribution in [-0.4, -0.2) is 98.4 Å². The van der Waals surface area contributed by atoms with Crippen molar-refractivity contribution >= 4 is 23.9 Å². The maximum Gasteiger partial charge on any atom is 0.307 e. The van der Waals surface area contributed by atoms with Gasteiger partial charge in [0, 0.05) is 51.4 Å². The Kier molecular flexibility index (Phi) is 37.0. The number of hydrogen-bond donors (Lipinski definition) is 0. The highest BCUT2D eigenvalue weighted by atomic mass is 16.5. The molecule has 0 N–H and O–H groups in total. The molecule has 1 aromatic carbocycles. The maximum atomic E-state index is 12.1. The van der Waals surface area contributed by atoms with E-state index in [4.69, 9.17) is 23.7 Å². The van der Waals surface area contributed by atoms with Crippen molar-refractivity contribution in [1.82, 2.24) is 14.8 Å². The zero-order valence-corrected chi connectivity index (χ0v) is 42.0. The van der Waals surface area contributed by atoms with E-state index in [2.05, 4.69) is 41.8 Å². The minimum atomic E-state index is -0.187. The molecule has 12 heteroatoms. The first-order chi connectivity index (χ1) is 33.1. The van der Waals surface area contributed by atoms with Crippen LogP contribution in [0.25, 0.3) is 0 Å². The number of aromatic nitrogens is 1. The molecule has 2 unspecified atom stereocenters. The van der Waals surface area contributed by atoms with E-state index in [1.165, 1.54) is 11.1 Å². The summed E-state index contributed by atoms with van der Waals surface area (Å²) in [6.07, 6.45) is 31.9. The summed E-state index contributed by atoms with van der Waals surface area (Å²) in [7, 11) is 1.66. The first-order valence-corrected chi connectivity index (χ1v) is 24.5. The lowest BCUT2D eigenvalue weighted by Gasteiger charge is -2.20. The van der Waals surface area contributed by atoms with Gasteiger partial charge < -0.3 is 23.7 Å². The molecule has 0 aliphatic rings. The summed E-state index contributed by atoms with van der Waals surface area (Å²) in [6, 6.07) is 12.0. The molecule has 0 aliphatic carbocycles. The topological polar surface area (TPSA) is 134 Å². The lowest BCUT2D eigenvalue weighted by Crippen LogP contribution is -2.26. The molecule has 2 aromatic rings. The smallest absolute Gasteiger partial charge is 0.307 e. The van der Waals surface area contributed by atoms with E-state index in [1.54, 1.807) is 19.5 Å². The fourth-order valence-electron chi connectivity index (χ4n) is 6.53. The van der Waals surface area contributed by atoms with E-state index in [0.717, 1.165) is 83.3 Å². The lowest BCUT2D eigenvalue weighted by molar-refractivity contribution is -0.143. The molecule has 0 bridgehead atoms. The van der Waals surface area contributed by atoms with Crippen LogP contribution >= 0.6 is 0 Å². The van der Waals surface area contributed by atoms with Gasteiger partial charge in [-0.3, -0.25) is 34.0 Å². The quantitative estimate of drug-likeness (QED) is 0.0363. The van der Waals surface area contributed by atoms with Gasteiger partial charge in [-0.1, -0.05) is 101 Å². The summed E-state index contributed by atoms with van der Waals surface area (Å²) in [4.78, 5) is 55.2. The van der Waals surface area contributed by atoms with Crippen molar-refractivity contribution in [2.75, 3.05) is 59.7 Å². The second-order valence-corrected chi connectivity index (χ2v) is 16.2. The first-order valence-electron chi connectivity index (χ1n) is 24.5. The number of benzene rings is 1. The van der Waals surface area contributed by atoms with Crippen molar-refractivity contribution < 1.29 is 42.9 Å². The van der Waals surface area contributed by atoms with Gasteiger partial charge in [-0.15, -0.1) is 13.2 Å². The molecule has 0 saturated carbocycles. The van der Waals surface area contributed by atoms with Gasteiger partial charge in [0.15, 0.2) is 0 Å². The SMILES string of the molecule is C=CC(C/C=C\COC(=O)CCN(CC)Cc1ccc(OC)cc1)CC/C=C/COC(=O)CCC.C=CC(C/C=C\COC(=O)CCN(CC)Cc1ccncc1)CC/C=C/COC(=O)CCC. The Hall–Kier alpha value is -5.59. The van der Waals surface area contributed by atoms with E-state index >= 15 is 0 Å². The zero-order valence-electron chi connectivity index (χ0n) is 42.0. The number of ether oxygens (including phenoxy) is 5. The second kappa shape index (κ2) is 41.6. The minimum Gasteiger partial charge on any atom is -0.497 e. The van der Waals surface area contributed by atoms with Crippen LogP contribution in [0.5, 0.6) is 5.75 Å². The van der Waals surface area contributed by atoms with Crippen LogP contribution in [-0.2, 0) is 51.2 Å². The van der Waals surface area contributed by atoms with Gasteiger partial charge in [-0.2, -0.15) is 0 Å². The maximum absolute atomic E-state index is 12.1. The second-order valence-electron chi connectivity index (χ2n) is 16.2. The summed E-state index contributed by atoms with van der Waals surface area (Å²) >= 11 is 0. The van der Waals surface area contributed by atoms with Gasteiger partial charge in [0.25, 0.3) is 0 Å². The average Bonchev–Trinajstić information content (AvgIpc) is 3.35. The van der Waals surface area contributed by atoms with E-state index in [1.807, 2.05) is 111 Å². The van der Waals surface area contributed by atoms with Crippen molar-refractivity contribution in [3.05, 3.63) is 134 Å². The molecule has 68 heavy (non-hydrogen) atoms. The molecule has 0 radical (unpaired) electrons. The molecular formula is C56H83N3O9. The van der Waals surface area contributed by atoms with E-state index < -0.39 is 0 Å². The molecule has 0 aliphatic heterocycles. The molecule has 0 amide bonds. The molecule has 2 atom stereocenters. The van der Waals surface area contributed by atoms with Gasteiger partial charge in [0.05, 0.1) is 20.0 Å². The number of pyridine rings is 1. The highest BCUT2D eigenvalue weighted by Gasteiger charge is 2.10. The summed E-state index contributed by atoms with van der Waals surface area (Å²) in [5, 5.41) is 0. The molecule has 376 valence electrons. The molecule has 0 spiro atoms. The first kappa shape index (κ1) is 60.4. The van der Waals surface area contributed by atoms with Crippen LogP contribution in [0.4, 0.5) is 0 Å². The number of hydrogen-bond acceptors (Lipinski definition) is 12. The fourth-order valence-corrected chi connectivity index (χ4v) is 6.53. The third kappa shape index (κ3) is 33.0. The number of carbonyl (C=O) groups is 4. The van der Waals surface area contributed by atoms with Crippen LogP contribution in [0, 0.1) is 11.8 Å². The van der Waals surface area contributed by atoms with Crippen molar-refractivity contribution in [3.8, 4) is 5.75 Å². The largest absolute Gasteiger partial charge is 0.497 e. The number of nitrogens with zero attached hydrogens (tertiary/aromatic N) is 3. The average molecular weight is 942 g/mol. The Labute approximate surface area is 409 Å². The van der Waals surface area contributed by atoms with Gasteiger partial charge in [-0.25, -0.2) is 0 Å². The highest BCUT2D eigenvalue weighted by molar-refractivity contribution is 5.70. The Balaban J connectivity index is 0.000000681. The third-order valence-electron chi connectivity index (χ3n) is 10.8. The molecule has 0 saturated heterocycles. The summed E-state index contributed by atoms with van der Waals surface area (Å²) in [5.41, 5.74) is 2.37. The number of rotatable bonds is 37. The summed E-state index contributed by atoms with van der Waals surface area (Å²) in [5.74, 6) is 0.881. The predicted octanol–water partition coefficient (Wildman–Crippen LogP) is 11.1. The molecule has 2 rings (SSSR count). The molecule has 1 heterocycles.